The number of nitrogens with zero attached hydrogens (tertiary/aromatic N) is 4. The summed E-state index contributed by atoms with van der Waals surface area (Å²) >= 11 is 0. The molecule has 0 saturated heterocycles. The number of benzene rings is 1. The van der Waals surface area contributed by atoms with Gasteiger partial charge in [0.15, 0.2) is 5.82 Å². The van der Waals surface area contributed by atoms with E-state index in [0.717, 1.165) is 16.7 Å². The lowest BCUT2D eigenvalue weighted by Crippen LogP contribution is -2.05. The third-order valence-electron chi connectivity index (χ3n) is 2.60. The van der Waals surface area contributed by atoms with E-state index in [1.54, 1.807) is 4.68 Å². The first-order valence-electron chi connectivity index (χ1n) is 5.29. The van der Waals surface area contributed by atoms with Gasteiger partial charge in [-0.25, -0.2) is 4.98 Å². The minimum Gasteiger partial charge on any atom is -0.396 e. The van der Waals surface area contributed by atoms with Crippen molar-refractivity contribution in [2.45, 2.75) is 6.92 Å². The van der Waals surface area contributed by atoms with Crippen molar-refractivity contribution < 1.29 is 0 Å². The number of aromatic nitrogens is 4. The molecule has 5 heteroatoms. The molecule has 0 aliphatic heterocycles. The summed E-state index contributed by atoms with van der Waals surface area (Å²) in [5.74, 6) is 0.624. The first-order chi connectivity index (χ1) is 8.25. The van der Waals surface area contributed by atoms with Gasteiger partial charge in [-0.2, -0.15) is 4.68 Å². The fourth-order valence-corrected chi connectivity index (χ4v) is 1.75. The molecule has 0 fully saturated rings. The number of para-hydroxylation sites is 1. The summed E-state index contributed by atoms with van der Waals surface area (Å²) in [6, 6.07) is 11.4. The van der Waals surface area contributed by atoms with Crippen molar-refractivity contribution in [3.63, 3.8) is 0 Å². The smallest absolute Gasteiger partial charge is 0.179 e. The quantitative estimate of drug-likeness (QED) is 0.684. The molecular weight excluding hydrogens is 214 g/mol. The maximum Gasteiger partial charge on any atom is 0.179 e. The molecule has 1 aromatic carbocycles. The highest BCUT2D eigenvalue weighted by Gasteiger charge is 2.09. The van der Waals surface area contributed by atoms with E-state index in [1.165, 1.54) is 0 Å². The predicted molar refractivity (Wildman–Crippen MR) is 65.8 cm³/mol. The molecule has 2 aromatic heterocycles. The number of pyridine rings is 1. The van der Waals surface area contributed by atoms with E-state index in [4.69, 9.17) is 5.73 Å². The zero-order chi connectivity index (χ0) is 11.8. The van der Waals surface area contributed by atoms with E-state index in [2.05, 4.69) is 15.3 Å². The Balaban J connectivity index is 2.31. The number of hydrogen-bond donors (Lipinski definition) is 1. The molecule has 0 spiro atoms. The van der Waals surface area contributed by atoms with Gasteiger partial charge in [-0.3, -0.25) is 0 Å². The highest BCUT2D eigenvalue weighted by atomic mass is 15.4. The monoisotopic (exact) mass is 225 g/mol. The van der Waals surface area contributed by atoms with Gasteiger partial charge in [-0.05, 0) is 31.2 Å². The van der Waals surface area contributed by atoms with Crippen molar-refractivity contribution >= 4 is 16.7 Å². The van der Waals surface area contributed by atoms with E-state index in [9.17, 15) is 0 Å². The van der Waals surface area contributed by atoms with Crippen LogP contribution in [-0.4, -0.2) is 20.0 Å². The van der Waals surface area contributed by atoms with Gasteiger partial charge in [0.05, 0.1) is 11.2 Å². The normalized spacial score (nSPS) is 10.9. The van der Waals surface area contributed by atoms with Crippen molar-refractivity contribution in [2.75, 3.05) is 5.73 Å². The van der Waals surface area contributed by atoms with Gasteiger partial charge in [0.2, 0.25) is 0 Å². The Morgan fingerprint density at radius 2 is 1.94 bits per heavy atom. The molecule has 3 rings (SSSR count). The number of aryl methyl sites for hydroxylation is 1. The summed E-state index contributed by atoms with van der Waals surface area (Å²) < 4.78 is 1.66. The Morgan fingerprint density at radius 3 is 2.82 bits per heavy atom. The highest BCUT2D eigenvalue weighted by Crippen LogP contribution is 2.19. The average Bonchev–Trinajstić information content (AvgIpc) is 2.76. The Labute approximate surface area is 97.9 Å². The molecule has 0 amide bonds. The number of anilines is 1. The SMILES string of the molecule is Cc1ccc(N)c(-n2nnc3ccccc32)n1. The Kier molecular flexibility index (Phi) is 2.04. The van der Waals surface area contributed by atoms with Crippen LogP contribution in [0.3, 0.4) is 0 Å². The number of hydrogen-bond acceptors (Lipinski definition) is 4. The second-order valence-electron chi connectivity index (χ2n) is 3.86. The van der Waals surface area contributed by atoms with Crippen LogP contribution in [0.1, 0.15) is 5.69 Å². The lowest BCUT2D eigenvalue weighted by atomic mass is 10.3. The molecule has 3 aromatic rings. The maximum absolute atomic E-state index is 5.92. The van der Waals surface area contributed by atoms with Crippen molar-refractivity contribution in [1.82, 2.24) is 20.0 Å². The standard InChI is InChI=1S/C12H11N5/c1-8-6-7-9(13)12(14-8)17-11-5-3-2-4-10(11)15-16-17/h2-7H,13H2,1H3. The van der Waals surface area contributed by atoms with Crippen LogP contribution in [0.15, 0.2) is 36.4 Å². The molecule has 2 N–H and O–H groups in total. The highest BCUT2D eigenvalue weighted by molar-refractivity contribution is 5.76. The minimum atomic E-state index is 0.589. The fourth-order valence-electron chi connectivity index (χ4n) is 1.75. The zero-order valence-electron chi connectivity index (χ0n) is 9.33. The summed E-state index contributed by atoms with van der Waals surface area (Å²) in [4.78, 5) is 4.40. The molecule has 0 radical (unpaired) electrons. The molecule has 0 aliphatic rings. The first kappa shape index (κ1) is 9.77. The van der Waals surface area contributed by atoms with Crippen LogP contribution in [0.2, 0.25) is 0 Å². The van der Waals surface area contributed by atoms with Gasteiger partial charge in [0.1, 0.15) is 5.52 Å². The molecule has 0 saturated carbocycles. The molecule has 0 aliphatic carbocycles. The van der Waals surface area contributed by atoms with E-state index in [-0.39, 0.29) is 0 Å². The van der Waals surface area contributed by atoms with Gasteiger partial charge >= 0.3 is 0 Å². The van der Waals surface area contributed by atoms with Crippen LogP contribution >= 0.6 is 0 Å². The van der Waals surface area contributed by atoms with Crippen molar-refractivity contribution in [1.29, 1.82) is 0 Å². The second kappa shape index (κ2) is 3.55. The van der Waals surface area contributed by atoms with Crippen molar-refractivity contribution in [3.8, 4) is 5.82 Å². The molecule has 17 heavy (non-hydrogen) atoms. The first-order valence-corrected chi connectivity index (χ1v) is 5.29. The largest absolute Gasteiger partial charge is 0.396 e. The summed E-state index contributed by atoms with van der Waals surface area (Å²) in [6.07, 6.45) is 0. The molecule has 84 valence electrons. The van der Waals surface area contributed by atoms with E-state index < -0.39 is 0 Å². The summed E-state index contributed by atoms with van der Waals surface area (Å²) in [5.41, 5.74) is 9.14. The number of nitrogens with two attached hydrogens (primary N) is 1. The lowest BCUT2D eigenvalue weighted by Gasteiger charge is -2.05. The van der Waals surface area contributed by atoms with Gasteiger partial charge in [0, 0.05) is 5.69 Å². The average molecular weight is 225 g/mol. The van der Waals surface area contributed by atoms with Crippen LogP contribution in [0, 0.1) is 6.92 Å². The van der Waals surface area contributed by atoms with E-state index >= 15 is 0 Å². The third-order valence-corrected chi connectivity index (χ3v) is 2.60. The van der Waals surface area contributed by atoms with Gasteiger partial charge in [-0.1, -0.05) is 17.3 Å². The van der Waals surface area contributed by atoms with Crippen LogP contribution in [0.4, 0.5) is 5.69 Å². The number of rotatable bonds is 1. The van der Waals surface area contributed by atoms with E-state index in [0.29, 0.717) is 11.5 Å². The topological polar surface area (TPSA) is 69.6 Å². The van der Waals surface area contributed by atoms with Gasteiger partial charge in [-0.15, -0.1) is 5.10 Å². The molecule has 0 unspecified atom stereocenters. The number of fused-ring (bicyclic) bond motifs is 1. The van der Waals surface area contributed by atoms with Gasteiger partial charge in [0.25, 0.3) is 0 Å². The van der Waals surface area contributed by atoms with Crippen LogP contribution in [-0.2, 0) is 0 Å². The molecule has 2 heterocycles. The molecule has 0 atom stereocenters. The van der Waals surface area contributed by atoms with E-state index in [1.807, 2.05) is 43.3 Å². The third kappa shape index (κ3) is 1.52. The van der Waals surface area contributed by atoms with Crippen molar-refractivity contribution in [3.05, 3.63) is 42.1 Å². The Morgan fingerprint density at radius 1 is 1.12 bits per heavy atom. The zero-order valence-corrected chi connectivity index (χ0v) is 9.33. The lowest BCUT2D eigenvalue weighted by molar-refractivity contribution is 0.800. The second-order valence-corrected chi connectivity index (χ2v) is 3.86. The Bertz CT molecular complexity index is 686. The Hall–Kier alpha value is -2.43. The minimum absolute atomic E-state index is 0.589. The molecular formula is C12H11N5. The van der Waals surface area contributed by atoms with Crippen LogP contribution in [0.25, 0.3) is 16.9 Å². The summed E-state index contributed by atoms with van der Waals surface area (Å²) in [7, 11) is 0. The maximum atomic E-state index is 5.92. The summed E-state index contributed by atoms with van der Waals surface area (Å²) in [6.45, 7) is 1.92. The molecule has 0 bridgehead atoms. The van der Waals surface area contributed by atoms with Crippen LogP contribution < -0.4 is 5.73 Å². The molecule has 5 nitrogen and oxygen atoms in total. The fraction of sp³-hybridized carbons (Fsp3) is 0.0833. The summed E-state index contributed by atoms with van der Waals surface area (Å²) in [5, 5.41) is 8.17. The number of nitrogen functional groups attached to an aromatic ring is 1. The predicted octanol–water partition coefficient (Wildman–Crippen LogP) is 1.71. The van der Waals surface area contributed by atoms with Crippen LogP contribution in [0.5, 0.6) is 0 Å². The van der Waals surface area contributed by atoms with Gasteiger partial charge < -0.3 is 5.73 Å². The van der Waals surface area contributed by atoms with Crippen molar-refractivity contribution in [2.24, 2.45) is 0 Å².